The van der Waals surface area contributed by atoms with Crippen molar-refractivity contribution in [2.45, 2.75) is 0 Å². The highest BCUT2D eigenvalue weighted by atomic mass is 16.3. The number of aliphatic hydroxyl groups is 1. The maximum absolute atomic E-state index is 8.67. The molecule has 0 saturated carbocycles. The van der Waals surface area contributed by atoms with Crippen molar-refractivity contribution in [3.8, 4) is 0 Å². The molecule has 3 heteroatoms. The third-order valence-corrected chi connectivity index (χ3v) is 0.705. The van der Waals surface area contributed by atoms with Gasteiger partial charge in [0.1, 0.15) is 0 Å². The fourth-order valence-corrected chi connectivity index (χ4v) is 0.380. The van der Waals surface area contributed by atoms with Gasteiger partial charge in [-0.25, -0.2) is 5.43 Å². The lowest BCUT2D eigenvalue weighted by molar-refractivity contribution is 0.369. The van der Waals surface area contributed by atoms with E-state index in [1.165, 1.54) is 6.08 Å². The predicted molar refractivity (Wildman–Crippen MR) is 31.5 cm³/mol. The summed E-state index contributed by atoms with van der Waals surface area (Å²) in [5, 5.41) is 12.2. The summed E-state index contributed by atoms with van der Waals surface area (Å²) in [6, 6.07) is 0. The lowest BCUT2D eigenvalue weighted by Gasteiger charge is -1.90. The Hall–Kier alpha value is -1.25. The van der Waals surface area contributed by atoms with E-state index in [-0.39, 0.29) is 5.88 Å². The minimum Gasteiger partial charge on any atom is -0.494 e. The monoisotopic (exact) mass is 110 g/mol. The zero-order chi connectivity index (χ0) is 5.82. The maximum Gasteiger partial charge on any atom is 0.204 e. The molecular weight excluding hydrogens is 104 g/mol. The topological polar surface area (TPSA) is 44.6 Å². The van der Waals surface area contributed by atoms with Crippen molar-refractivity contribution < 1.29 is 5.11 Å². The molecule has 1 aliphatic heterocycles. The van der Waals surface area contributed by atoms with Crippen LogP contribution in [0.4, 0.5) is 0 Å². The van der Waals surface area contributed by atoms with Crippen LogP contribution in [-0.2, 0) is 0 Å². The van der Waals surface area contributed by atoms with Gasteiger partial charge in [0.05, 0.1) is 0 Å². The Balaban J connectivity index is 2.69. The fraction of sp³-hybridized carbons (Fsp3) is 0. The van der Waals surface area contributed by atoms with Gasteiger partial charge in [0.15, 0.2) is 0 Å². The highest BCUT2D eigenvalue weighted by Crippen LogP contribution is 1.85. The van der Waals surface area contributed by atoms with Crippen LogP contribution in [0.15, 0.2) is 29.2 Å². The zero-order valence-electron chi connectivity index (χ0n) is 4.20. The SMILES string of the molecule is OC1=CC=CC=NN1. The molecule has 1 rings (SSSR count). The maximum atomic E-state index is 8.67. The number of aliphatic hydroxyl groups excluding tert-OH is 1. The molecule has 0 fully saturated rings. The number of allylic oxidation sites excluding steroid dienone is 3. The number of hydrogen-bond donors (Lipinski definition) is 2. The van der Waals surface area contributed by atoms with E-state index < -0.39 is 0 Å². The van der Waals surface area contributed by atoms with Crippen molar-refractivity contribution in [2.24, 2.45) is 5.10 Å². The predicted octanol–water partition coefficient (Wildman–Crippen LogP) is 0.531. The molecule has 0 atom stereocenters. The van der Waals surface area contributed by atoms with E-state index in [2.05, 4.69) is 10.5 Å². The lowest BCUT2D eigenvalue weighted by atomic mass is 10.5. The highest BCUT2D eigenvalue weighted by Gasteiger charge is 1.84. The molecule has 1 heterocycles. The molecule has 0 spiro atoms. The number of hydrazone groups is 1. The summed E-state index contributed by atoms with van der Waals surface area (Å²) >= 11 is 0. The molecule has 2 N–H and O–H groups in total. The molecule has 0 amide bonds. The molecule has 0 bridgehead atoms. The van der Waals surface area contributed by atoms with Crippen LogP contribution in [0.2, 0.25) is 0 Å². The van der Waals surface area contributed by atoms with Crippen LogP contribution in [0, 0.1) is 0 Å². The molecule has 0 aromatic rings. The Morgan fingerprint density at radius 3 is 3.25 bits per heavy atom. The van der Waals surface area contributed by atoms with Gasteiger partial charge in [0.25, 0.3) is 0 Å². The van der Waals surface area contributed by atoms with Crippen molar-refractivity contribution in [1.82, 2.24) is 5.43 Å². The van der Waals surface area contributed by atoms with Gasteiger partial charge in [-0.3, -0.25) is 0 Å². The first kappa shape index (κ1) is 4.90. The Morgan fingerprint density at radius 1 is 1.50 bits per heavy atom. The molecule has 0 radical (unpaired) electrons. The Labute approximate surface area is 47.0 Å². The smallest absolute Gasteiger partial charge is 0.204 e. The van der Waals surface area contributed by atoms with Crippen molar-refractivity contribution in [3.63, 3.8) is 0 Å². The molecule has 42 valence electrons. The van der Waals surface area contributed by atoms with Gasteiger partial charge in [0.2, 0.25) is 5.88 Å². The van der Waals surface area contributed by atoms with Gasteiger partial charge in [-0.15, -0.1) is 0 Å². The number of rotatable bonds is 0. The molecule has 0 aromatic heterocycles. The average Bonchev–Trinajstić information content (AvgIpc) is 1.94. The van der Waals surface area contributed by atoms with Crippen LogP contribution < -0.4 is 5.43 Å². The second-order valence-electron chi connectivity index (χ2n) is 1.33. The van der Waals surface area contributed by atoms with E-state index in [0.717, 1.165) is 0 Å². The molecule has 0 saturated heterocycles. The van der Waals surface area contributed by atoms with Gasteiger partial charge in [-0.05, 0) is 12.2 Å². The average molecular weight is 110 g/mol. The summed E-state index contributed by atoms with van der Waals surface area (Å²) in [7, 11) is 0. The molecule has 3 nitrogen and oxygen atoms in total. The minimum atomic E-state index is 0.0648. The molecule has 1 aliphatic rings. The first-order chi connectivity index (χ1) is 3.89. The zero-order valence-corrected chi connectivity index (χ0v) is 4.20. The molecule has 0 aromatic carbocycles. The molecule has 0 unspecified atom stereocenters. The van der Waals surface area contributed by atoms with Gasteiger partial charge in [-0.1, -0.05) is 6.08 Å². The molecular formula is C5H6N2O. The number of hydrogen-bond acceptors (Lipinski definition) is 3. The lowest BCUT2D eigenvalue weighted by Crippen LogP contribution is -2.01. The van der Waals surface area contributed by atoms with Crippen molar-refractivity contribution in [3.05, 3.63) is 24.1 Å². The minimum absolute atomic E-state index is 0.0648. The van der Waals surface area contributed by atoms with Gasteiger partial charge in [0, 0.05) is 6.21 Å². The molecule has 8 heavy (non-hydrogen) atoms. The summed E-state index contributed by atoms with van der Waals surface area (Å²) in [6.07, 6.45) is 6.49. The van der Waals surface area contributed by atoms with Crippen molar-refractivity contribution in [2.75, 3.05) is 0 Å². The van der Waals surface area contributed by atoms with Crippen LogP contribution in [0.25, 0.3) is 0 Å². The summed E-state index contributed by atoms with van der Waals surface area (Å²) in [5.74, 6) is 0.0648. The van der Waals surface area contributed by atoms with E-state index >= 15 is 0 Å². The van der Waals surface area contributed by atoms with Crippen LogP contribution in [0.1, 0.15) is 0 Å². The summed E-state index contributed by atoms with van der Waals surface area (Å²) in [5.41, 5.74) is 2.37. The number of nitrogens with zero attached hydrogens (tertiary/aromatic N) is 1. The first-order valence-corrected chi connectivity index (χ1v) is 2.24. The Morgan fingerprint density at radius 2 is 2.38 bits per heavy atom. The second-order valence-corrected chi connectivity index (χ2v) is 1.33. The normalized spacial score (nSPS) is 16.8. The standard InChI is InChI=1S/C5H6N2O/c8-5-3-1-2-4-6-7-5/h1-4,7-8H. The summed E-state index contributed by atoms with van der Waals surface area (Å²) < 4.78 is 0. The van der Waals surface area contributed by atoms with Gasteiger partial charge < -0.3 is 5.11 Å². The Bertz CT molecular complexity index is 158. The van der Waals surface area contributed by atoms with E-state index in [9.17, 15) is 0 Å². The van der Waals surface area contributed by atoms with Crippen LogP contribution in [0.3, 0.4) is 0 Å². The Kier molecular flexibility index (Phi) is 1.32. The van der Waals surface area contributed by atoms with E-state index in [1.54, 1.807) is 18.4 Å². The van der Waals surface area contributed by atoms with E-state index in [1.807, 2.05) is 0 Å². The second kappa shape index (κ2) is 2.16. The highest BCUT2D eigenvalue weighted by molar-refractivity contribution is 5.71. The fourth-order valence-electron chi connectivity index (χ4n) is 0.380. The summed E-state index contributed by atoms with van der Waals surface area (Å²) in [6.45, 7) is 0. The molecule has 0 aliphatic carbocycles. The third kappa shape index (κ3) is 1.11. The van der Waals surface area contributed by atoms with Crippen LogP contribution in [-0.4, -0.2) is 11.3 Å². The van der Waals surface area contributed by atoms with E-state index in [4.69, 9.17) is 5.11 Å². The van der Waals surface area contributed by atoms with Gasteiger partial charge >= 0.3 is 0 Å². The van der Waals surface area contributed by atoms with Crippen molar-refractivity contribution in [1.29, 1.82) is 0 Å². The first-order valence-electron chi connectivity index (χ1n) is 2.24. The largest absolute Gasteiger partial charge is 0.494 e. The van der Waals surface area contributed by atoms with Gasteiger partial charge in [-0.2, -0.15) is 5.10 Å². The van der Waals surface area contributed by atoms with Crippen molar-refractivity contribution >= 4 is 6.21 Å². The van der Waals surface area contributed by atoms with Crippen LogP contribution in [0.5, 0.6) is 0 Å². The summed E-state index contributed by atoms with van der Waals surface area (Å²) in [4.78, 5) is 0. The quantitative estimate of drug-likeness (QED) is 0.477. The number of nitrogens with one attached hydrogen (secondary N) is 1. The van der Waals surface area contributed by atoms with E-state index in [0.29, 0.717) is 0 Å². The van der Waals surface area contributed by atoms with Crippen LogP contribution >= 0.6 is 0 Å². The third-order valence-electron chi connectivity index (χ3n) is 0.705.